The lowest BCUT2D eigenvalue weighted by Crippen LogP contribution is -2.18. The fourth-order valence-corrected chi connectivity index (χ4v) is 0.875. The zero-order valence-corrected chi connectivity index (χ0v) is 4.88. The molecule has 2 nitrogen and oxygen atoms in total. The average molecular weight is 135 g/mol. The number of amides is 1. The number of carbonyl (C=O) groups excluding carboxylic acids is 1. The predicted octanol–water partition coefficient (Wildman–Crippen LogP) is 0.134. The third-order valence-corrected chi connectivity index (χ3v) is 1.45. The van der Waals surface area contributed by atoms with E-state index >= 15 is 0 Å². The standard InChI is InChI=1S/C3H3NOS2/c5-2-1-7-3(6)4-2/h1H2,(H,4,5,6)/i1D/hD. The van der Waals surface area contributed by atoms with Crippen molar-refractivity contribution < 1.29 is 7.58 Å². The Bertz CT molecular complexity index is 173. The van der Waals surface area contributed by atoms with Gasteiger partial charge >= 0.3 is 0 Å². The van der Waals surface area contributed by atoms with Crippen LogP contribution in [0, 0.1) is 0 Å². The molecule has 0 aromatic heterocycles. The molecule has 1 aliphatic rings. The van der Waals surface area contributed by atoms with Gasteiger partial charge in [0.15, 0.2) is 1.41 Å². The van der Waals surface area contributed by atoms with Crippen LogP contribution in [0.2, 0.25) is 1.41 Å². The van der Waals surface area contributed by atoms with E-state index in [1.807, 2.05) is 0 Å². The summed E-state index contributed by atoms with van der Waals surface area (Å²) in [7, 11) is 0. The van der Waals surface area contributed by atoms with Crippen molar-refractivity contribution in [2.24, 2.45) is 0 Å². The highest BCUT2D eigenvalue weighted by atomic mass is 32.2. The first-order chi connectivity index (χ1) is 4.13. The number of carbonyl (C=O) groups is 1. The normalized spacial score (nSPS) is 36.0. The highest BCUT2D eigenvalue weighted by Gasteiger charge is 2.13. The fraction of sp³-hybridized carbons (Fsp3) is 0.333. The zero-order valence-electron chi connectivity index (χ0n) is 5.25. The van der Waals surface area contributed by atoms with Crippen molar-refractivity contribution in [3.8, 4) is 0 Å². The van der Waals surface area contributed by atoms with Gasteiger partial charge in [-0.15, -0.1) is 0 Å². The molecule has 1 atom stereocenters. The topological polar surface area (TPSA) is 29.1 Å². The van der Waals surface area contributed by atoms with E-state index in [4.69, 9.17) is 2.78 Å². The number of nitrogens with one attached hydrogen (secondary N) is 1. The van der Waals surface area contributed by atoms with Gasteiger partial charge in [0, 0.05) is 1.37 Å². The van der Waals surface area contributed by atoms with Crippen LogP contribution in [-0.2, 0) is 4.79 Å². The van der Waals surface area contributed by atoms with Crippen LogP contribution >= 0.6 is 24.0 Å². The molecule has 4 heteroatoms. The molecule has 1 aliphatic heterocycles. The highest BCUT2D eigenvalue weighted by molar-refractivity contribution is 8.24. The van der Waals surface area contributed by atoms with Gasteiger partial charge in [-0.2, -0.15) is 0 Å². The summed E-state index contributed by atoms with van der Waals surface area (Å²) < 4.78 is 14.0. The summed E-state index contributed by atoms with van der Waals surface area (Å²) in [5, 5.41) is 0.581. The molecule has 38 valence electrons. The molecule has 0 saturated carbocycles. The van der Waals surface area contributed by atoms with E-state index in [1.165, 1.54) is 0 Å². The minimum absolute atomic E-state index is 0.167. The van der Waals surface area contributed by atoms with E-state index in [1.54, 1.807) is 0 Å². The molecule has 0 bridgehead atoms. The van der Waals surface area contributed by atoms with Crippen LogP contribution in [0.3, 0.4) is 0 Å². The molecule has 1 rings (SSSR count). The van der Waals surface area contributed by atoms with Gasteiger partial charge in [-0.1, -0.05) is 24.0 Å². The first kappa shape index (κ1) is 3.04. The van der Waals surface area contributed by atoms with Gasteiger partial charge < -0.3 is 5.31 Å². The van der Waals surface area contributed by atoms with Crippen LogP contribution in [0.4, 0.5) is 0 Å². The molecule has 1 saturated heterocycles. The summed E-state index contributed by atoms with van der Waals surface area (Å²) >= 11 is 5.48. The third-order valence-electron chi connectivity index (χ3n) is 0.462. The lowest BCUT2D eigenvalue weighted by molar-refractivity contribution is -0.116. The second kappa shape index (κ2) is 1.79. The van der Waals surface area contributed by atoms with Crippen LogP contribution in [0.25, 0.3) is 0 Å². The Labute approximate surface area is 53.5 Å². The van der Waals surface area contributed by atoms with Crippen molar-refractivity contribution in [2.45, 2.75) is 0 Å². The van der Waals surface area contributed by atoms with Crippen molar-refractivity contribution in [2.75, 3.05) is 5.73 Å². The summed E-state index contributed by atoms with van der Waals surface area (Å²) in [6.45, 7) is 0. The molecule has 1 N–H and O–H groups in total. The van der Waals surface area contributed by atoms with Gasteiger partial charge in [0.1, 0.15) is 4.32 Å². The quantitative estimate of drug-likeness (QED) is 0.479. The fourth-order valence-electron chi connectivity index (χ4n) is 0.243. The third kappa shape index (κ3) is 1.14. The summed E-state index contributed by atoms with van der Waals surface area (Å²) in [5.41, 5.74) is -0.907. The second-order valence-electron chi connectivity index (χ2n) is 0.952. The summed E-state index contributed by atoms with van der Waals surface area (Å²) in [5.74, 6) is -0.551. The molecule has 0 aromatic rings. The van der Waals surface area contributed by atoms with Crippen molar-refractivity contribution in [3.05, 3.63) is 0 Å². The van der Waals surface area contributed by atoms with E-state index in [0.717, 1.165) is 11.8 Å². The maximum absolute atomic E-state index is 10.6. The minimum Gasteiger partial charge on any atom is -0.311 e. The van der Waals surface area contributed by atoms with E-state index < -0.39 is 11.6 Å². The smallest absolute Gasteiger partial charge is 0.235 e. The van der Waals surface area contributed by atoms with Gasteiger partial charge in [-0.25, -0.2) is 0 Å². The summed E-state index contributed by atoms with van der Waals surface area (Å²) in [4.78, 5) is 10.6. The Morgan fingerprint density at radius 1 is 2.29 bits per heavy atom. The van der Waals surface area contributed by atoms with Gasteiger partial charge in [0.2, 0.25) is 5.91 Å². The maximum Gasteiger partial charge on any atom is 0.235 e. The van der Waals surface area contributed by atoms with Crippen LogP contribution < -0.4 is 5.31 Å². The molecule has 0 spiro atoms. The number of thioether (sulfide) groups is 1. The van der Waals surface area contributed by atoms with E-state index in [-0.39, 0.29) is 4.32 Å². The molecule has 0 radical (unpaired) electrons. The number of thiocarbonyl (C=S) groups is 1. The first-order valence-corrected chi connectivity index (χ1v) is 2.87. The minimum atomic E-state index is -0.907. The molecular weight excluding hydrogens is 130 g/mol. The van der Waals surface area contributed by atoms with Crippen LogP contribution in [0.1, 0.15) is 1.37 Å². The van der Waals surface area contributed by atoms with E-state index in [2.05, 4.69) is 12.2 Å². The maximum atomic E-state index is 10.6. The highest BCUT2D eigenvalue weighted by Crippen LogP contribution is 2.06. The molecule has 1 unspecified atom stereocenters. The van der Waals surface area contributed by atoms with Gasteiger partial charge in [0.25, 0.3) is 0 Å². The molecule has 0 aliphatic carbocycles. The Morgan fingerprint density at radius 3 is 3.14 bits per heavy atom. The van der Waals surface area contributed by atoms with Crippen LogP contribution in [0.5, 0.6) is 0 Å². The van der Waals surface area contributed by atoms with E-state index in [9.17, 15) is 4.79 Å². The monoisotopic (exact) mass is 135 g/mol. The van der Waals surface area contributed by atoms with E-state index in [0.29, 0.717) is 5.31 Å². The van der Waals surface area contributed by atoms with Gasteiger partial charge in [-0.05, 0) is 0 Å². The molecule has 1 fully saturated rings. The van der Waals surface area contributed by atoms with Gasteiger partial charge in [0.05, 0.1) is 5.73 Å². The SMILES string of the molecule is [2H]C1SC(=S)N([2H])C1=O. The molecule has 7 heavy (non-hydrogen) atoms. The number of hydrogen-bond donors (Lipinski definition) is 1. The van der Waals surface area contributed by atoms with Crippen LogP contribution in [0.15, 0.2) is 0 Å². The second-order valence-corrected chi connectivity index (χ2v) is 2.45. The van der Waals surface area contributed by atoms with Gasteiger partial charge in [-0.3, -0.25) is 4.79 Å². The van der Waals surface area contributed by atoms with Crippen molar-refractivity contribution in [1.29, 1.82) is 0 Å². The van der Waals surface area contributed by atoms with Crippen molar-refractivity contribution >= 4 is 34.2 Å². The molecular formula is C3H3NOS2. The number of hydrogen-bond acceptors (Lipinski definition) is 3. The molecule has 0 aromatic carbocycles. The van der Waals surface area contributed by atoms with Crippen LogP contribution in [-0.4, -0.2) is 16.0 Å². The van der Waals surface area contributed by atoms with Crippen molar-refractivity contribution in [1.82, 2.24) is 5.31 Å². The lowest BCUT2D eigenvalue weighted by Gasteiger charge is -1.81. The Morgan fingerprint density at radius 2 is 3.00 bits per heavy atom. The predicted molar refractivity (Wildman–Crippen MR) is 33.2 cm³/mol. The lowest BCUT2D eigenvalue weighted by atomic mass is 10.7. The summed E-state index contributed by atoms with van der Waals surface area (Å²) in [6, 6.07) is 0. The molecule has 1 heterocycles. The average Bonchev–Trinajstić information content (AvgIpc) is 1.98. The zero-order chi connectivity index (χ0) is 7.02. The largest absolute Gasteiger partial charge is 0.311 e. The Balaban J connectivity index is 2.77. The summed E-state index contributed by atoms with van der Waals surface area (Å²) in [6.07, 6.45) is 0. The number of rotatable bonds is 0. The molecule has 1 amide bonds. The Hall–Kier alpha value is -0.0900. The Kier molecular flexibility index (Phi) is 0.779. The first-order valence-electron chi connectivity index (χ1n) is 2.61. The van der Waals surface area contributed by atoms with Crippen molar-refractivity contribution in [3.63, 3.8) is 0 Å².